The van der Waals surface area contributed by atoms with Crippen LogP contribution in [0.3, 0.4) is 0 Å². The number of piperidine rings is 1. The Balaban J connectivity index is 1.28. The Bertz CT molecular complexity index is 1090. The lowest BCUT2D eigenvalue weighted by Crippen LogP contribution is -2.45. The molecule has 2 heterocycles. The molecule has 1 unspecified atom stereocenters. The second kappa shape index (κ2) is 10.2. The standard InChI is InChI=1S/C30H34ClFN2/c1-33-21-25-5-2-3-6-29(25)30(22-33,26-9-11-27(31)12-10-26)17-4-18-34-19-15-24(16-20-34)23-7-13-28(32)14-8-23/h2-3,5-14,24H,4,15-22H2,1H3. The average Bonchev–Trinajstić information content (AvgIpc) is 2.85. The zero-order valence-electron chi connectivity index (χ0n) is 20.0. The van der Waals surface area contributed by atoms with Gasteiger partial charge in [0, 0.05) is 23.5 Å². The number of nitrogens with zero attached hydrogens (tertiary/aromatic N) is 2. The van der Waals surface area contributed by atoms with Crippen molar-refractivity contribution in [2.45, 2.75) is 43.6 Å². The van der Waals surface area contributed by atoms with Gasteiger partial charge in [-0.3, -0.25) is 0 Å². The molecule has 0 spiro atoms. The monoisotopic (exact) mass is 476 g/mol. The van der Waals surface area contributed by atoms with Gasteiger partial charge in [-0.2, -0.15) is 0 Å². The van der Waals surface area contributed by atoms with Gasteiger partial charge in [-0.05, 0) is 105 Å². The van der Waals surface area contributed by atoms with E-state index in [-0.39, 0.29) is 11.2 Å². The average molecular weight is 477 g/mol. The van der Waals surface area contributed by atoms with Crippen LogP contribution in [0, 0.1) is 5.82 Å². The Morgan fingerprint density at radius 2 is 1.65 bits per heavy atom. The normalized spacial score (nSPS) is 22.0. The van der Waals surface area contributed by atoms with Crippen LogP contribution in [0.15, 0.2) is 72.8 Å². The molecule has 2 nitrogen and oxygen atoms in total. The van der Waals surface area contributed by atoms with Crippen LogP contribution in [0.25, 0.3) is 0 Å². The smallest absolute Gasteiger partial charge is 0.123 e. The molecule has 5 rings (SSSR count). The number of hydrogen-bond acceptors (Lipinski definition) is 2. The van der Waals surface area contributed by atoms with Gasteiger partial charge in [0.05, 0.1) is 0 Å². The summed E-state index contributed by atoms with van der Waals surface area (Å²) in [5.41, 5.74) is 5.55. The van der Waals surface area contributed by atoms with E-state index in [0.717, 1.165) is 63.4 Å². The Kier molecular flexibility index (Phi) is 7.06. The Labute approximate surface area is 208 Å². The summed E-state index contributed by atoms with van der Waals surface area (Å²) < 4.78 is 13.3. The van der Waals surface area contributed by atoms with Gasteiger partial charge in [-0.15, -0.1) is 0 Å². The van der Waals surface area contributed by atoms with E-state index in [1.807, 2.05) is 24.3 Å². The van der Waals surface area contributed by atoms with Gasteiger partial charge < -0.3 is 9.80 Å². The number of benzene rings is 3. The summed E-state index contributed by atoms with van der Waals surface area (Å²) in [7, 11) is 2.24. The number of fused-ring (bicyclic) bond motifs is 1. The van der Waals surface area contributed by atoms with Crippen molar-refractivity contribution >= 4 is 11.6 Å². The van der Waals surface area contributed by atoms with Crippen LogP contribution in [0.4, 0.5) is 4.39 Å². The lowest BCUT2D eigenvalue weighted by molar-refractivity contribution is 0.189. The third kappa shape index (κ3) is 4.93. The maximum atomic E-state index is 13.3. The fraction of sp³-hybridized carbons (Fsp3) is 0.400. The van der Waals surface area contributed by atoms with Crippen LogP contribution in [0.1, 0.15) is 53.9 Å². The van der Waals surface area contributed by atoms with E-state index in [9.17, 15) is 4.39 Å². The minimum atomic E-state index is -0.147. The highest BCUT2D eigenvalue weighted by atomic mass is 35.5. The first-order valence-electron chi connectivity index (χ1n) is 12.5. The van der Waals surface area contributed by atoms with E-state index >= 15 is 0 Å². The van der Waals surface area contributed by atoms with Gasteiger partial charge in [0.25, 0.3) is 0 Å². The van der Waals surface area contributed by atoms with Crippen LogP contribution < -0.4 is 0 Å². The molecule has 2 aliphatic rings. The Hall–Kier alpha value is -2.20. The molecule has 0 aliphatic carbocycles. The molecule has 0 bridgehead atoms. The molecule has 34 heavy (non-hydrogen) atoms. The quantitative estimate of drug-likeness (QED) is 0.383. The van der Waals surface area contributed by atoms with Gasteiger partial charge in [0.1, 0.15) is 5.82 Å². The fourth-order valence-electron chi connectivity index (χ4n) is 6.22. The third-order valence-electron chi connectivity index (χ3n) is 7.92. The molecular formula is C30H34ClFN2. The van der Waals surface area contributed by atoms with Crippen LogP contribution in [0.5, 0.6) is 0 Å². The zero-order chi connectivity index (χ0) is 23.5. The van der Waals surface area contributed by atoms with Crippen molar-refractivity contribution in [3.63, 3.8) is 0 Å². The first-order chi connectivity index (χ1) is 16.5. The van der Waals surface area contributed by atoms with Crippen molar-refractivity contribution in [1.29, 1.82) is 0 Å². The number of likely N-dealkylation sites (N-methyl/N-ethyl adjacent to an activating group) is 1. The van der Waals surface area contributed by atoms with Crippen molar-refractivity contribution in [1.82, 2.24) is 9.80 Å². The number of rotatable bonds is 6. The predicted molar refractivity (Wildman–Crippen MR) is 139 cm³/mol. The Morgan fingerprint density at radius 1 is 0.941 bits per heavy atom. The second-order valence-electron chi connectivity index (χ2n) is 10.2. The van der Waals surface area contributed by atoms with E-state index in [2.05, 4.69) is 53.2 Å². The molecule has 1 saturated heterocycles. The molecule has 4 heteroatoms. The number of hydrogen-bond donors (Lipinski definition) is 0. The number of halogens is 2. The topological polar surface area (TPSA) is 6.48 Å². The van der Waals surface area contributed by atoms with E-state index in [1.165, 1.54) is 22.3 Å². The van der Waals surface area contributed by atoms with Crippen LogP contribution >= 0.6 is 11.6 Å². The zero-order valence-corrected chi connectivity index (χ0v) is 20.8. The summed E-state index contributed by atoms with van der Waals surface area (Å²) in [6.45, 7) is 5.39. The minimum absolute atomic E-state index is 0.0133. The SMILES string of the molecule is CN1Cc2ccccc2C(CCCN2CCC(c3ccc(F)cc3)CC2)(c2ccc(Cl)cc2)C1. The molecule has 0 saturated carbocycles. The van der Waals surface area contributed by atoms with Crippen molar-refractivity contribution < 1.29 is 4.39 Å². The fourth-order valence-corrected chi connectivity index (χ4v) is 6.35. The molecular weight excluding hydrogens is 443 g/mol. The highest BCUT2D eigenvalue weighted by Crippen LogP contribution is 2.43. The van der Waals surface area contributed by atoms with Gasteiger partial charge in [0.15, 0.2) is 0 Å². The molecule has 178 valence electrons. The summed E-state index contributed by atoms with van der Waals surface area (Å²) in [5.74, 6) is 0.405. The molecule has 0 amide bonds. The first kappa shape index (κ1) is 23.5. The summed E-state index contributed by atoms with van der Waals surface area (Å²) in [6, 6.07) is 24.6. The predicted octanol–water partition coefficient (Wildman–Crippen LogP) is 6.87. The van der Waals surface area contributed by atoms with Crippen LogP contribution in [0.2, 0.25) is 5.02 Å². The van der Waals surface area contributed by atoms with Crippen molar-refractivity contribution in [2.24, 2.45) is 0 Å². The Morgan fingerprint density at radius 3 is 2.38 bits per heavy atom. The maximum Gasteiger partial charge on any atom is 0.123 e. The summed E-state index contributed by atoms with van der Waals surface area (Å²) in [6.07, 6.45) is 4.58. The minimum Gasteiger partial charge on any atom is -0.303 e. The maximum absolute atomic E-state index is 13.3. The first-order valence-corrected chi connectivity index (χ1v) is 12.9. The lowest BCUT2D eigenvalue weighted by atomic mass is 9.67. The van der Waals surface area contributed by atoms with Crippen molar-refractivity contribution in [3.8, 4) is 0 Å². The molecule has 0 N–H and O–H groups in total. The van der Waals surface area contributed by atoms with E-state index in [4.69, 9.17) is 11.6 Å². The van der Waals surface area contributed by atoms with Crippen molar-refractivity contribution in [2.75, 3.05) is 33.2 Å². The molecule has 1 fully saturated rings. The second-order valence-corrected chi connectivity index (χ2v) is 10.6. The van der Waals surface area contributed by atoms with Gasteiger partial charge in [0.2, 0.25) is 0 Å². The molecule has 0 radical (unpaired) electrons. The molecule has 1 atom stereocenters. The third-order valence-corrected chi connectivity index (χ3v) is 8.17. The molecule has 3 aromatic rings. The lowest BCUT2D eigenvalue weighted by Gasteiger charge is -2.44. The summed E-state index contributed by atoms with van der Waals surface area (Å²) in [5, 5.41) is 0.792. The molecule has 0 aromatic heterocycles. The molecule has 2 aliphatic heterocycles. The van der Waals surface area contributed by atoms with Crippen molar-refractivity contribution in [3.05, 3.63) is 106 Å². The van der Waals surface area contributed by atoms with E-state index < -0.39 is 0 Å². The van der Waals surface area contributed by atoms with Crippen LogP contribution in [-0.2, 0) is 12.0 Å². The van der Waals surface area contributed by atoms with Gasteiger partial charge >= 0.3 is 0 Å². The molecule has 3 aromatic carbocycles. The number of likely N-dealkylation sites (tertiary alicyclic amines) is 1. The van der Waals surface area contributed by atoms with E-state index in [1.54, 1.807) is 12.1 Å². The highest BCUT2D eigenvalue weighted by molar-refractivity contribution is 6.30. The largest absolute Gasteiger partial charge is 0.303 e. The summed E-state index contributed by atoms with van der Waals surface area (Å²) >= 11 is 6.26. The van der Waals surface area contributed by atoms with Gasteiger partial charge in [-0.25, -0.2) is 4.39 Å². The van der Waals surface area contributed by atoms with E-state index in [0.29, 0.717) is 5.92 Å². The summed E-state index contributed by atoms with van der Waals surface area (Å²) in [4.78, 5) is 5.08. The highest BCUT2D eigenvalue weighted by Gasteiger charge is 2.39. The van der Waals surface area contributed by atoms with Crippen LogP contribution in [-0.4, -0.2) is 43.0 Å². The van der Waals surface area contributed by atoms with Gasteiger partial charge in [-0.1, -0.05) is 60.1 Å².